The van der Waals surface area contributed by atoms with Gasteiger partial charge in [0, 0.05) is 48.0 Å². The number of carboxylic acid groups (broad SMARTS) is 1. The van der Waals surface area contributed by atoms with Crippen LogP contribution in [0.1, 0.15) is 86.5 Å². The van der Waals surface area contributed by atoms with E-state index in [2.05, 4.69) is 6.92 Å². The highest BCUT2D eigenvalue weighted by atomic mass is 16.4. The lowest BCUT2D eigenvalue weighted by atomic mass is 9.45. The first-order valence-corrected chi connectivity index (χ1v) is 13.5. The number of allylic oxidation sites excluding steroid dienone is 1. The van der Waals surface area contributed by atoms with E-state index in [9.17, 15) is 29.4 Å². The molecule has 0 bridgehead atoms. The minimum Gasteiger partial charge on any atom is -0.481 e. The van der Waals surface area contributed by atoms with Crippen molar-refractivity contribution in [2.45, 2.75) is 98.7 Å². The van der Waals surface area contributed by atoms with Gasteiger partial charge in [-0.3, -0.25) is 19.2 Å². The molecular weight excluding hydrogens is 460 g/mol. The molecule has 0 spiro atoms. The van der Waals surface area contributed by atoms with Gasteiger partial charge in [0.15, 0.2) is 5.78 Å². The zero-order chi connectivity index (χ0) is 27.0. The molecule has 4 aliphatic carbocycles. The Bertz CT molecular complexity index is 1020. The number of Topliss-reactive ketones (excluding diaryl/α,β-unsaturated/α-hetero) is 3. The van der Waals surface area contributed by atoms with E-state index in [0.717, 1.165) is 0 Å². The van der Waals surface area contributed by atoms with Gasteiger partial charge in [-0.15, -0.1) is 0 Å². The van der Waals surface area contributed by atoms with E-state index in [1.807, 2.05) is 27.7 Å². The smallest absolute Gasteiger partial charge is 0.306 e. The molecule has 0 aromatic heterocycles. The van der Waals surface area contributed by atoms with Crippen LogP contribution in [0.3, 0.4) is 0 Å². The Labute approximate surface area is 213 Å². The third-order valence-electron chi connectivity index (χ3n) is 10.7. The summed E-state index contributed by atoms with van der Waals surface area (Å²) < 4.78 is 0. The highest BCUT2D eigenvalue weighted by molar-refractivity contribution is 6.00. The van der Waals surface area contributed by atoms with E-state index in [4.69, 9.17) is 5.11 Å². The van der Waals surface area contributed by atoms with E-state index >= 15 is 0 Å². The van der Waals surface area contributed by atoms with E-state index < -0.39 is 40.3 Å². The van der Waals surface area contributed by atoms with Crippen molar-refractivity contribution in [1.29, 1.82) is 0 Å². The number of aliphatic hydroxyl groups is 2. The lowest BCUT2D eigenvalue weighted by Gasteiger charge is -2.58. The van der Waals surface area contributed by atoms with Crippen molar-refractivity contribution >= 4 is 23.3 Å². The minimum atomic E-state index is -0.998. The van der Waals surface area contributed by atoms with Crippen LogP contribution in [0.5, 0.6) is 0 Å². The first kappa shape index (κ1) is 27.2. The lowest BCUT2D eigenvalue weighted by molar-refractivity contribution is -0.144. The van der Waals surface area contributed by atoms with Gasteiger partial charge in [0.2, 0.25) is 0 Å². The predicted molar refractivity (Wildman–Crippen MR) is 133 cm³/mol. The number of ketones is 3. The van der Waals surface area contributed by atoms with Crippen LogP contribution < -0.4 is 0 Å². The molecule has 9 atom stereocenters. The van der Waals surface area contributed by atoms with Crippen LogP contribution in [-0.4, -0.2) is 50.8 Å². The first-order valence-electron chi connectivity index (χ1n) is 13.5. The quantitative estimate of drug-likeness (QED) is 0.504. The summed E-state index contributed by atoms with van der Waals surface area (Å²) in [7, 11) is 0. The topological polar surface area (TPSA) is 129 Å². The van der Waals surface area contributed by atoms with Crippen molar-refractivity contribution in [1.82, 2.24) is 0 Å². The molecule has 36 heavy (non-hydrogen) atoms. The van der Waals surface area contributed by atoms with Gasteiger partial charge in [-0.1, -0.05) is 41.5 Å². The van der Waals surface area contributed by atoms with E-state index in [1.54, 1.807) is 0 Å². The largest absolute Gasteiger partial charge is 0.481 e. The first-order chi connectivity index (χ1) is 16.6. The molecule has 7 heteroatoms. The van der Waals surface area contributed by atoms with Gasteiger partial charge >= 0.3 is 5.97 Å². The van der Waals surface area contributed by atoms with E-state index in [0.29, 0.717) is 36.8 Å². The second kappa shape index (κ2) is 8.87. The summed E-state index contributed by atoms with van der Waals surface area (Å²) in [6.45, 7) is 11.4. The summed E-state index contributed by atoms with van der Waals surface area (Å²) in [5.74, 6) is -2.46. The van der Waals surface area contributed by atoms with Crippen LogP contribution in [0, 0.1) is 45.8 Å². The number of carbonyl (C=O) groups excluding carboxylic acids is 3. The van der Waals surface area contributed by atoms with E-state index in [1.165, 1.54) is 6.92 Å². The summed E-state index contributed by atoms with van der Waals surface area (Å²) in [4.78, 5) is 50.5. The lowest BCUT2D eigenvalue weighted by Crippen LogP contribution is -2.57. The highest BCUT2D eigenvalue weighted by Crippen LogP contribution is 2.66. The number of aliphatic carboxylic acids is 1. The standard InChI is InChI=1S/C29H42O7/c1-14(9-16(30)10-15(2)26(35)36)17-11-19(32)24-23-18(31)12-21-27(3,4)22(34)7-8-28(21,5)25(23)20(33)13-29(17,24)6/h14-15,17-19,21,24,31-32H,7-13H2,1-6H3,(H,35,36)/t14?,15?,17-,18+,19+,21?,24+,28+,29-/m1/s1. The molecule has 4 rings (SSSR count). The number of fused-ring (bicyclic) bond motifs is 4. The second-order valence-corrected chi connectivity index (χ2v) is 13.4. The van der Waals surface area contributed by atoms with Crippen molar-refractivity contribution in [2.75, 3.05) is 0 Å². The maximum Gasteiger partial charge on any atom is 0.306 e. The zero-order valence-corrected chi connectivity index (χ0v) is 22.5. The molecule has 0 aromatic rings. The van der Waals surface area contributed by atoms with Gasteiger partial charge < -0.3 is 15.3 Å². The molecule has 7 nitrogen and oxygen atoms in total. The van der Waals surface area contributed by atoms with Crippen molar-refractivity contribution in [3.05, 3.63) is 11.1 Å². The maximum absolute atomic E-state index is 13.9. The van der Waals surface area contributed by atoms with E-state index in [-0.39, 0.29) is 60.3 Å². The average Bonchev–Trinajstić information content (AvgIpc) is 3.02. The number of rotatable bonds is 6. The van der Waals surface area contributed by atoms with Crippen molar-refractivity contribution in [2.24, 2.45) is 45.8 Å². The molecule has 0 heterocycles. The van der Waals surface area contributed by atoms with Crippen LogP contribution in [0.25, 0.3) is 0 Å². The molecule has 0 aliphatic heterocycles. The van der Waals surface area contributed by atoms with Gasteiger partial charge in [-0.05, 0) is 48.0 Å². The molecule has 3 unspecified atom stereocenters. The summed E-state index contributed by atoms with van der Waals surface area (Å²) in [5, 5.41) is 32.0. The predicted octanol–water partition coefficient (Wildman–Crippen LogP) is 3.74. The monoisotopic (exact) mass is 502 g/mol. The zero-order valence-electron chi connectivity index (χ0n) is 22.5. The fraction of sp³-hybridized carbons (Fsp3) is 0.793. The Morgan fingerprint density at radius 3 is 2.28 bits per heavy atom. The SMILES string of the molecule is CC(CC(=O)CC(C)[C@H]1C[C@H](O)[C@H]2C3=C(C(=O)C[C@]12C)[C@@]1(C)CCC(=O)C(C)(C)C1C[C@@H]3O)C(=O)O. The number of hydrogen-bond donors (Lipinski definition) is 3. The minimum absolute atomic E-state index is 0.00252. The van der Waals surface area contributed by atoms with Gasteiger partial charge in [0.25, 0.3) is 0 Å². The molecular formula is C29H42O7. The fourth-order valence-electron chi connectivity index (χ4n) is 8.87. The molecule has 0 saturated heterocycles. The molecule has 0 aromatic carbocycles. The van der Waals surface area contributed by atoms with Crippen LogP contribution >= 0.6 is 0 Å². The van der Waals surface area contributed by atoms with Gasteiger partial charge in [-0.25, -0.2) is 0 Å². The maximum atomic E-state index is 13.9. The summed E-state index contributed by atoms with van der Waals surface area (Å²) in [5.41, 5.74) is -0.431. The van der Waals surface area contributed by atoms with Crippen molar-refractivity contribution in [3.63, 3.8) is 0 Å². The molecule has 2 fully saturated rings. The van der Waals surface area contributed by atoms with Crippen molar-refractivity contribution in [3.8, 4) is 0 Å². The van der Waals surface area contributed by atoms with Gasteiger partial charge in [-0.2, -0.15) is 0 Å². The molecule has 0 radical (unpaired) electrons. The number of carboxylic acids is 1. The number of carbonyl (C=O) groups is 4. The number of aliphatic hydroxyl groups excluding tert-OH is 2. The Kier molecular flexibility index (Phi) is 6.69. The summed E-state index contributed by atoms with van der Waals surface area (Å²) in [6, 6.07) is 0. The van der Waals surface area contributed by atoms with Crippen LogP contribution in [0.15, 0.2) is 11.1 Å². The fourth-order valence-corrected chi connectivity index (χ4v) is 8.87. The van der Waals surface area contributed by atoms with Gasteiger partial charge in [0.05, 0.1) is 18.1 Å². The number of hydrogen-bond acceptors (Lipinski definition) is 6. The summed E-state index contributed by atoms with van der Waals surface area (Å²) >= 11 is 0. The molecule has 200 valence electrons. The second-order valence-electron chi connectivity index (χ2n) is 13.4. The van der Waals surface area contributed by atoms with Crippen LogP contribution in [-0.2, 0) is 19.2 Å². The normalized spacial score (nSPS) is 41.3. The molecule has 0 amide bonds. The third kappa shape index (κ3) is 3.92. The molecule has 2 saturated carbocycles. The van der Waals surface area contributed by atoms with Crippen molar-refractivity contribution < 1.29 is 34.5 Å². The van der Waals surface area contributed by atoms with Crippen LogP contribution in [0.2, 0.25) is 0 Å². The average molecular weight is 503 g/mol. The van der Waals surface area contributed by atoms with Crippen LogP contribution in [0.4, 0.5) is 0 Å². The Morgan fingerprint density at radius 1 is 1.03 bits per heavy atom. The Balaban J connectivity index is 1.68. The third-order valence-corrected chi connectivity index (χ3v) is 10.7. The Hall–Kier alpha value is -1.86. The Morgan fingerprint density at radius 2 is 1.67 bits per heavy atom. The van der Waals surface area contributed by atoms with Gasteiger partial charge in [0.1, 0.15) is 11.6 Å². The molecule has 3 N–H and O–H groups in total. The summed E-state index contributed by atoms with van der Waals surface area (Å²) in [6.07, 6.45) is 0.601. The highest BCUT2D eigenvalue weighted by Gasteiger charge is 2.65. The molecule has 4 aliphatic rings.